The lowest BCUT2D eigenvalue weighted by atomic mass is 10.0. The highest BCUT2D eigenvalue weighted by atomic mass is 16.5. The number of nitrogens with zero attached hydrogens (tertiary/aromatic N) is 4. The van der Waals surface area contributed by atoms with Crippen molar-refractivity contribution in [3.05, 3.63) is 126 Å². The first-order chi connectivity index (χ1) is 20.7. The Kier molecular flexibility index (Phi) is 10.5. The highest BCUT2D eigenvalue weighted by Crippen LogP contribution is 2.30. The van der Waals surface area contributed by atoms with E-state index in [1.807, 2.05) is 41.1 Å². The number of benzene rings is 1. The molecule has 0 bridgehead atoms. The number of carbonyl (C=O) groups is 1. The SMILES string of the molecule is C=C/C=C\C(OCc1cccnc1-c1ccnn1C(C)C)=C(\C=O)C(=C)OCc1ccccc1C1=CC(C)NN1C(C)C. The summed E-state index contributed by atoms with van der Waals surface area (Å²) >= 11 is 0. The quantitative estimate of drug-likeness (QED) is 0.0960. The number of allylic oxidation sites excluding steroid dienone is 4. The van der Waals surface area contributed by atoms with Crippen LogP contribution in [0.4, 0.5) is 0 Å². The van der Waals surface area contributed by atoms with E-state index in [-0.39, 0.29) is 42.7 Å². The van der Waals surface area contributed by atoms with Crippen molar-refractivity contribution in [1.82, 2.24) is 25.2 Å². The minimum Gasteiger partial charge on any atom is -0.489 e. The Balaban J connectivity index is 1.57. The minimum atomic E-state index is 0.164. The molecule has 3 aromatic rings. The smallest absolute Gasteiger partial charge is 0.157 e. The van der Waals surface area contributed by atoms with Crippen molar-refractivity contribution in [3.8, 4) is 11.4 Å². The highest BCUT2D eigenvalue weighted by molar-refractivity contribution is 5.80. The standard InChI is InChI=1S/C35H41N5O3/c1-8-9-16-34(43-23-29-14-12-18-36-35(29)32-17-19-37-39(32)24(2)3)31(21-41)27(7)42-22-28-13-10-11-15-30(28)33-20-26(6)38-40(33)25(4)5/h8-21,24-26,38H,1,7,22-23H2,2-6H3/b16-9-,34-31+. The van der Waals surface area contributed by atoms with E-state index < -0.39 is 0 Å². The third-order valence-corrected chi connectivity index (χ3v) is 6.97. The average Bonchev–Trinajstić information content (AvgIpc) is 3.65. The van der Waals surface area contributed by atoms with Gasteiger partial charge in [0, 0.05) is 41.6 Å². The average molecular weight is 580 g/mol. The number of hydrogen-bond acceptors (Lipinski definition) is 7. The van der Waals surface area contributed by atoms with Crippen LogP contribution in [-0.2, 0) is 27.5 Å². The van der Waals surface area contributed by atoms with E-state index >= 15 is 0 Å². The van der Waals surface area contributed by atoms with Crippen LogP contribution in [0.5, 0.6) is 0 Å². The van der Waals surface area contributed by atoms with Gasteiger partial charge in [-0.2, -0.15) is 5.10 Å². The third kappa shape index (κ3) is 7.40. The Bertz CT molecular complexity index is 1550. The zero-order valence-corrected chi connectivity index (χ0v) is 25.7. The molecular weight excluding hydrogens is 538 g/mol. The van der Waals surface area contributed by atoms with Crippen LogP contribution in [0.15, 0.2) is 109 Å². The fourth-order valence-electron chi connectivity index (χ4n) is 4.92. The maximum Gasteiger partial charge on any atom is 0.157 e. The molecule has 1 aliphatic rings. The summed E-state index contributed by atoms with van der Waals surface area (Å²) in [5, 5.41) is 6.62. The van der Waals surface area contributed by atoms with Gasteiger partial charge in [-0.15, -0.1) is 0 Å². The van der Waals surface area contributed by atoms with Crippen LogP contribution in [-0.4, -0.2) is 38.1 Å². The van der Waals surface area contributed by atoms with Gasteiger partial charge in [0.2, 0.25) is 0 Å². The van der Waals surface area contributed by atoms with Gasteiger partial charge < -0.3 is 14.5 Å². The molecule has 0 saturated heterocycles. The molecule has 0 radical (unpaired) electrons. The molecular formula is C35H41N5O3. The van der Waals surface area contributed by atoms with Gasteiger partial charge in [0.15, 0.2) is 6.29 Å². The Morgan fingerprint density at radius 1 is 1.02 bits per heavy atom. The highest BCUT2D eigenvalue weighted by Gasteiger charge is 2.25. The van der Waals surface area contributed by atoms with Crippen molar-refractivity contribution in [3.63, 3.8) is 0 Å². The van der Waals surface area contributed by atoms with E-state index in [0.29, 0.717) is 12.0 Å². The van der Waals surface area contributed by atoms with Crippen molar-refractivity contribution in [2.75, 3.05) is 0 Å². The molecule has 0 saturated carbocycles. The van der Waals surface area contributed by atoms with Crippen LogP contribution in [0.2, 0.25) is 0 Å². The molecule has 4 rings (SSSR count). The second kappa shape index (κ2) is 14.5. The lowest BCUT2D eigenvalue weighted by Gasteiger charge is -2.28. The van der Waals surface area contributed by atoms with Crippen molar-refractivity contribution in [2.45, 2.75) is 66.0 Å². The summed E-state index contributed by atoms with van der Waals surface area (Å²) in [6, 6.07) is 14.5. The van der Waals surface area contributed by atoms with Crippen LogP contribution in [0.25, 0.3) is 17.1 Å². The van der Waals surface area contributed by atoms with E-state index in [9.17, 15) is 4.79 Å². The van der Waals surface area contributed by atoms with E-state index in [1.165, 1.54) is 0 Å². The van der Waals surface area contributed by atoms with Gasteiger partial charge in [-0.25, -0.2) is 5.43 Å². The van der Waals surface area contributed by atoms with Crippen LogP contribution in [0, 0.1) is 0 Å². The van der Waals surface area contributed by atoms with Crippen molar-refractivity contribution < 1.29 is 14.3 Å². The zero-order valence-electron chi connectivity index (χ0n) is 25.7. The fourth-order valence-corrected chi connectivity index (χ4v) is 4.92. The lowest BCUT2D eigenvalue weighted by Crippen LogP contribution is -2.40. The third-order valence-electron chi connectivity index (χ3n) is 6.97. The van der Waals surface area contributed by atoms with Gasteiger partial charge in [0.25, 0.3) is 0 Å². The van der Waals surface area contributed by atoms with Crippen LogP contribution in [0.1, 0.15) is 57.4 Å². The monoisotopic (exact) mass is 579 g/mol. The largest absolute Gasteiger partial charge is 0.489 e. The second-order valence-corrected chi connectivity index (χ2v) is 10.8. The molecule has 43 heavy (non-hydrogen) atoms. The number of hydrogen-bond donors (Lipinski definition) is 1. The van der Waals surface area contributed by atoms with E-state index in [1.54, 1.807) is 30.6 Å². The summed E-state index contributed by atoms with van der Waals surface area (Å²) in [4.78, 5) is 17.0. The maximum absolute atomic E-state index is 12.4. The molecule has 2 aromatic heterocycles. The molecule has 1 N–H and O–H groups in total. The summed E-state index contributed by atoms with van der Waals surface area (Å²) in [5.74, 6) is 0.535. The van der Waals surface area contributed by atoms with Gasteiger partial charge in [-0.05, 0) is 64.5 Å². The number of pyridine rings is 1. The molecule has 8 nitrogen and oxygen atoms in total. The lowest BCUT2D eigenvalue weighted by molar-refractivity contribution is -0.105. The first kappa shape index (κ1) is 31.3. The Morgan fingerprint density at radius 2 is 1.77 bits per heavy atom. The number of ether oxygens (including phenoxy) is 2. The summed E-state index contributed by atoms with van der Waals surface area (Å²) in [5.41, 5.74) is 9.35. The van der Waals surface area contributed by atoms with Crippen molar-refractivity contribution in [2.24, 2.45) is 0 Å². The summed E-state index contributed by atoms with van der Waals surface area (Å²) in [6.45, 7) is 18.8. The van der Waals surface area contributed by atoms with Gasteiger partial charge in [-0.1, -0.05) is 55.6 Å². The topological polar surface area (TPSA) is 81.5 Å². The Labute approximate surface area is 254 Å². The van der Waals surface area contributed by atoms with Gasteiger partial charge in [-0.3, -0.25) is 14.5 Å². The second-order valence-electron chi connectivity index (χ2n) is 10.8. The van der Waals surface area contributed by atoms with Gasteiger partial charge in [0.05, 0.1) is 22.7 Å². The molecule has 0 spiro atoms. The predicted octanol–water partition coefficient (Wildman–Crippen LogP) is 6.93. The molecule has 1 aliphatic heterocycles. The van der Waals surface area contributed by atoms with Gasteiger partial charge >= 0.3 is 0 Å². The Hall–Kier alpha value is -4.69. The number of hydrazine groups is 1. The number of aromatic nitrogens is 3. The van der Waals surface area contributed by atoms with Crippen LogP contribution < -0.4 is 5.43 Å². The van der Waals surface area contributed by atoms with E-state index in [2.05, 4.69) is 80.4 Å². The Morgan fingerprint density at radius 3 is 2.49 bits per heavy atom. The molecule has 1 atom stereocenters. The van der Waals surface area contributed by atoms with E-state index in [4.69, 9.17) is 9.47 Å². The van der Waals surface area contributed by atoms with E-state index in [0.717, 1.165) is 33.8 Å². The molecule has 0 aliphatic carbocycles. The molecule has 0 fully saturated rings. The normalized spacial score (nSPS) is 15.6. The minimum absolute atomic E-state index is 0.164. The van der Waals surface area contributed by atoms with Crippen molar-refractivity contribution in [1.29, 1.82) is 0 Å². The maximum atomic E-state index is 12.4. The predicted molar refractivity (Wildman–Crippen MR) is 171 cm³/mol. The van der Waals surface area contributed by atoms with Crippen LogP contribution >= 0.6 is 0 Å². The molecule has 1 unspecified atom stereocenters. The summed E-state index contributed by atoms with van der Waals surface area (Å²) in [6.07, 6.45) is 11.4. The number of nitrogens with one attached hydrogen (secondary N) is 1. The number of rotatable bonds is 14. The zero-order chi connectivity index (χ0) is 30.9. The summed E-state index contributed by atoms with van der Waals surface area (Å²) < 4.78 is 14.3. The molecule has 3 heterocycles. The molecule has 8 heteroatoms. The van der Waals surface area contributed by atoms with Crippen molar-refractivity contribution >= 4 is 12.0 Å². The number of carbonyl (C=O) groups excluding carboxylic acids is 1. The molecule has 1 aromatic carbocycles. The fraction of sp³-hybridized carbons (Fsp3) is 0.286. The summed E-state index contributed by atoms with van der Waals surface area (Å²) in [7, 11) is 0. The first-order valence-electron chi connectivity index (χ1n) is 14.5. The van der Waals surface area contributed by atoms with Crippen LogP contribution in [0.3, 0.4) is 0 Å². The van der Waals surface area contributed by atoms with Gasteiger partial charge in [0.1, 0.15) is 24.7 Å². The molecule has 0 amide bonds. The molecule has 224 valence electrons. The number of aldehydes is 1. The first-order valence-corrected chi connectivity index (χ1v) is 14.5.